The molecule has 1 atom stereocenters. The Bertz CT molecular complexity index is 234. The van der Waals surface area contributed by atoms with Crippen molar-refractivity contribution < 1.29 is 13.9 Å². The molecule has 0 aromatic heterocycles. The molecule has 0 unspecified atom stereocenters. The van der Waals surface area contributed by atoms with Crippen LogP contribution in [-0.2, 0) is 13.9 Å². The first-order valence-corrected chi connectivity index (χ1v) is 9.52. The molecule has 3 nitrogen and oxygen atoms in total. The van der Waals surface area contributed by atoms with Gasteiger partial charge in [0.25, 0.3) is 0 Å². The van der Waals surface area contributed by atoms with Crippen molar-refractivity contribution in [1.29, 1.82) is 0 Å². The van der Waals surface area contributed by atoms with Gasteiger partial charge in [0.2, 0.25) is 0 Å². The van der Waals surface area contributed by atoms with Gasteiger partial charge < -0.3 is 13.9 Å². The fourth-order valence-corrected chi connectivity index (χ4v) is 2.34. The molecule has 0 saturated carbocycles. The van der Waals surface area contributed by atoms with Crippen LogP contribution in [0.4, 0.5) is 0 Å². The summed E-state index contributed by atoms with van der Waals surface area (Å²) >= 11 is 0. The van der Waals surface area contributed by atoms with Crippen molar-refractivity contribution in [2.75, 3.05) is 20.5 Å². The van der Waals surface area contributed by atoms with Gasteiger partial charge in [-0.1, -0.05) is 26.8 Å². The van der Waals surface area contributed by atoms with Crippen molar-refractivity contribution in [3.8, 4) is 0 Å². The summed E-state index contributed by atoms with van der Waals surface area (Å²) in [6, 6.07) is 0. The molecular weight excluding hydrogens is 244 g/mol. The minimum Gasteiger partial charge on any atom is -0.417 e. The van der Waals surface area contributed by atoms with Crippen LogP contribution in [0.25, 0.3) is 0 Å². The van der Waals surface area contributed by atoms with E-state index in [0.29, 0.717) is 6.79 Å². The van der Waals surface area contributed by atoms with Crippen molar-refractivity contribution in [2.24, 2.45) is 0 Å². The topological polar surface area (TPSA) is 27.7 Å². The highest BCUT2D eigenvalue weighted by molar-refractivity contribution is 6.74. The van der Waals surface area contributed by atoms with Gasteiger partial charge >= 0.3 is 0 Å². The van der Waals surface area contributed by atoms with Crippen LogP contribution < -0.4 is 0 Å². The summed E-state index contributed by atoms with van der Waals surface area (Å²) in [5.74, 6) is 0. The van der Waals surface area contributed by atoms with E-state index in [-0.39, 0.29) is 11.1 Å². The van der Waals surface area contributed by atoms with E-state index in [0.717, 1.165) is 19.4 Å². The van der Waals surface area contributed by atoms with Crippen molar-refractivity contribution in [3.05, 3.63) is 12.7 Å². The maximum absolute atomic E-state index is 6.11. The zero-order chi connectivity index (χ0) is 14.2. The molecule has 0 aliphatic heterocycles. The summed E-state index contributed by atoms with van der Waals surface area (Å²) in [4.78, 5) is 0. The standard InChI is InChI=1S/C14H30O3Si/c1-8-13(16-12-15-5)10-9-11-17-18(6,7)14(2,3)4/h8,13H,1,9-12H2,2-7H3/t13-/m1/s1. The highest BCUT2D eigenvalue weighted by Gasteiger charge is 2.36. The van der Waals surface area contributed by atoms with Gasteiger partial charge in [-0.25, -0.2) is 0 Å². The summed E-state index contributed by atoms with van der Waals surface area (Å²) in [6.07, 6.45) is 3.81. The van der Waals surface area contributed by atoms with Crippen LogP contribution in [0.3, 0.4) is 0 Å². The third-order valence-electron chi connectivity index (χ3n) is 3.56. The molecular formula is C14H30O3Si. The van der Waals surface area contributed by atoms with Gasteiger partial charge in [-0.15, -0.1) is 6.58 Å². The molecule has 0 aromatic rings. The molecule has 4 heteroatoms. The van der Waals surface area contributed by atoms with Crippen LogP contribution in [-0.4, -0.2) is 34.9 Å². The van der Waals surface area contributed by atoms with Crippen LogP contribution in [0.1, 0.15) is 33.6 Å². The van der Waals surface area contributed by atoms with Crippen LogP contribution in [0.2, 0.25) is 18.1 Å². The normalized spacial score (nSPS) is 14.6. The third-order valence-corrected chi connectivity index (χ3v) is 8.10. The first kappa shape index (κ1) is 17.8. The number of ether oxygens (including phenoxy) is 2. The van der Waals surface area contributed by atoms with E-state index in [1.807, 2.05) is 6.08 Å². The molecule has 0 aliphatic carbocycles. The van der Waals surface area contributed by atoms with E-state index in [1.54, 1.807) is 7.11 Å². The lowest BCUT2D eigenvalue weighted by Crippen LogP contribution is -2.41. The molecule has 108 valence electrons. The van der Waals surface area contributed by atoms with Gasteiger partial charge in [0.15, 0.2) is 8.32 Å². The van der Waals surface area contributed by atoms with Gasteiger partial charge in [0.05, 0.1) is 6.10 Å². The molecule has 0 bridgehead atoms. The van der Waals surface area contributed by atoms with E-state index in [1.165, 1.54) is 0 Å². The first-order chi connectivity index (χ1) is 8.24. The predicted molar refractivity (Wildman–Crippen MR) is 79.3 cm³/mol. The van der Waals surface area contributed by atoms with Gasteiger partial charge in [-0.05, 0) is 31.0 Å². The van der Waals surface area contributed by atoms with Crippen LogP contribution in [0.5, 0.6) is 0 Å². The fraction of sp³-hybridized carbons (Fsp3) is 0.857. The lowest BCUT2D eigenvalue weighted by atomic mass is 10.2. The summed E-state index contributed by atoms with van der Waals surface area (Å²) in [7, 11) is 0.0219. The smallest absolute Gasteiger partial charge is 0.191 e. The summed E-state index contributed by atoms with van der Waals surface area (Å²) in [5.41, 5.74) is 0. The van der Waals surface area contributed by atoms with Gasteiger partial charge in [0.1, 0.15) is 6.79 Å². The van der Waals surface area contributed by atoms with Crippen molar-refractivity contribution in [1.82, 2.24) is 0 Å². The summed E-state index contributed by atoms with van der Waals surface area (Å²) in [6.45, 7) is 16.2. The van der Waals surface area contributed by atoms with Gasteiger partial charge in [-0.3, -0.25) is 0 Å². The van der Waals surface area contributed by atoms with E-state index >= 15 is 0 Å². The monoisotopic (exact) mass is 274 g/mol. The molecule has 0 radical (unpaired) electrons. The number of hydrogen-bond acceptors (Lipinski definition) is 3. The van der Waals surface area contributed by atoms with E-state index in [2.05, 4.69) is 40.4 Å². The van der Waals surface area contributed by atoms with Crippen molar-refractivity contribution in [3.63, 3.8) is 0 Å². The van der Waals surface area contributed by atoms with E-state index in [4.69, 9.17) is 13.9 Å². The number of hydrogen-bond donors (Lipinski definition) is 0. The summed E-state index contributed by atoms with van der Waals surface area (Å²) in [5, 5.41) is 0.275. The first-order valence-electron chi connectivity index (χ1n) is 6.61. The zero-order valence-corrected chi connectivity index (χ0v) is 13.9. The average molecular weight is 274 g/mol. The second-order valence-electron chi connectivity index (χ2n) is 6.10. The minimum atomic E-state index is -1.60. The summed E-state index contributed by atoms with van der Waals surface area (Å²) < 4.78 is 16.5. The van der Waals surface area contributed by atoms with Crippen LogP contribution in [0, 0.1) is 0 Å². The molecule has 0 aromatic carbocycles. The Morgan fingerprint density at radius 2 is 1.89 bits per heavy atom. The second-order valence-corrected chi connectivity index (χ2v) is 10.9. The Morgan fingerprint density at radius 1 is 1.28 bits per heavy atom. The van der Waals surface area contributed by atoms with Crippen molar-refractivity contribution in [2.45, 2.75) is 57.8 Å². The Morgan fingerprint density at radius 3 is 2.33 bits per heavy atom. The van der Waals surface area contributed by atoms with E-state index < -0.39 is 8.32 Å². The lowest BCUT2D eigenvalue weighted by Gasteiger charge is -2.36. The molecule has 0 heterocycles. The molecule has 0 amide bonds. The van der Waals surface area contributed by atoms with Crippen LogP contribution in [0.15, 0.2) is 12.7 Å². The van der Waals surface area contributed by atoms with E-state index in [9.17, 15) is 0 Å². The fourth-order valence-electron chi connectivity index (χ4n) is 1.25. The molecule has 0 rings (SSSR count). The van der Waals surface area contributed by atoms with Gasteiger partial charge in [0, 0.05) is 13.7 Å². The third kappa shape index (κ3) is 6.68. The molecule has 0 fully saturated rings. The SMILES string of the molecule is C=C[C@H](CCCO[Si](C)(C)C(C)(C)C)OCOC. The molecule has 18 heavy (non-hydrogen) atoms. The predicted octanol–water partition coefficient (Wildman–Crippen LogP) is 3.96. The number of rotatable bonds is 9. The average Bonchev–Trinajstić information content (AvgIpc) is 2.26. The second kappa shape index (κ2) is 8.10. The Hall–Kier alpha value is -0.163. The zero-order valence-electron chi connectivity index (χ0n) is 12.9. The highest BCUT2D eigenvalue weighted by atomic mass is 28.4. The molecule has 0 aliphatic rings. The largest absolute Gasteiger partial charge is 0.417 e. The maximum Gasteiger partial charge on any atom is 0.191 e. The Labute approximate surface area is 114 Å². The quantitative estimate of drug-likeness (QED) is 0.276. The Kier molecular flexibility index (Phi) is 8.02. The molecule has 0 spiro atoms. The van der Waals surface area contributed by atoms with Crippen LogP contribution >= 0.6 is 0 Å². The molecule has 0 saturated heterocycles. The number of methoxy groups -OCH3 is 1. The molecule has 0 N–H and O–H groups in total. The highest BCUT2D eigenvalue weighted by Crippen LogP contribution is 2.36. The minimum absolute atomic E-state index is 0.0629. The Balaban J connectivity index is 3.88. The lowest BCUT2D eigenvalue weighted by molar-refractivity contribution is -0.0584. The van der Waals surface area contributed by atoms with Gasteiger partial charge in [-0.2, -0.15) is 0 Å². The maximum atomic E-state index is 6.11. The van der Waals surface area contributed by atoms with Crippen molar-refractivity contribution >= 4 is 8.32 Å².